The number of hydrogen-bond acceptors (Lipinski definition) is 8. The van der Waals surface area contributed by atoms with Gasteiger partial charge in [0.25, 0.3) is 0 Å². The number of fused-ring (bicyclic) bond motifs is 1. The Bertz CT molecular complexity index is 1040. The number of carbonyl (C=O) groups is 3. The number of amides is 2. The van der Waals surface area contributed by atoms with E-state index in [-0.39, 0.29) is 18.8 Å². The monoisotopic (exact) mass is 444 g/mol. The molecule has 0 saturated heterocycles. The summed E-state index contributed by atoms with van der Waals surface area (Å²) in [5.41, 5.74) is 5.80. The molecule has 2 rings (SSSR count). The van der Waals surface area contributed by atoms with Gasteiger partial charge in [-0.2, -0.15) is 0 Å². The van der Waals surface area contributed by atoms with E-state index in [4.69, 9.17) is 19.9 Å². The third kappa shape index (κ3) is 7.15. The number of hydrogen-bond donors (Lipinski definition) is 3. The molecule has 0 unspecified atom stereocenters. The zero-order chi connectivity index (χ0) is 23.9. The number of esters is 1. The number of nitrogens with one attached hydrogen (secondary N) is 2. The van der Waals surface area contributed by atoms with Crippen LogP contribution in [-0.4, -0.2) is 48.8 Å². The lowest BCUT2D eigenvalue weighted by Crippen LogP contribution is -2.34. The number of rotatable bonds is 7. The van der Waals surface area contributed by atoms with Crippen LogP contribution in [0.4, 0.5) is 10.6 Å². The number of ether oxygens (including phenoxy) is 3. The second-order valence-corrected chi connectivity index (χ2v) is 7.82. The lowest BCUT2D eigenvalue weighted by Gasteiger charge is -2.19. The van der Waals surface area contributed by atoms with Crippen molar-refractivity contribution in [1.29, 1.82) is 0 Å². The Hall–Kier alpha value is -3.82. The van der Waals surface area contributed by atoms with Crippen LogP contribution in [0.2, 0.25) is 0 Å². The van der Waals surface area contributed by atoms with Gasteiger partial charge in [-0.05, 0) is 50.4 Å². The molecule has 1 aromatic carbocycles. The summed E-state index contributed by atoms with van der Waals surface area (Å²) in [6, 6.07) is 5.18. The van der Waals surface area contributed by atoms with Crippen LogP contribution in [0.15, 0.2) is 30.1 Å². The van der Waals surface area contributed by atoms with E-state index in [9.17, 15) is 14.4 Å². The first-order valence-corrected chi connectivity index (χ1v) is 9.85. The lowest BCUT2D eigenvalue weighted by molar-refractivity contribution is -0.137. The van der Waals surface area contributed by atoms with E-state index in [0.717, 1.165) is 5.39 Å². The van der Waals surface area contributed by atoms with Gasteiger partial charge in [0.1, 0.15) is 29.5 Å². The van der Waals surface area contributed by atoms with Gasteiger partial charge in [0, 0.05) is 24.1 Å². The lowest BCUT2D eigenvalue weighted by atomic mass is 10.1. The molecule has 172 valence electrons. The third-order valence-corrected chi connectivity index (χ3v) is 3.97. The van der Waals surface area contributed by atoms with Crippen molar-refractivity contribution in [2.75, 3.05) is 26.0 Å². The van der Waals surface area contributed by atoms with Crippen molar-refractivity contribution in [3.63, 3.8) is 0 Å². The second kappa shape index (κ2) is 10.5. The molecule has 2 aromatic rings. The number of nitrogens with two attached hydrogens (primary N) is 1. The standard InChI is InChI=1S/C22H28N4O6/c1-13(27)26-17(20(28)30-5)11-15-10-14-6-7-24-19(23)16(14)12-18(15)31-9-8-25-21(29)32-22(2,3)4/h6-7,10-12H,8-9H2,1-5H3,(H2,23,24)(H,25,29)(H,26,27). The molecular weight excluding hydrogens is 416 g/mol. The summed E-state index contributed by atoms with van der Waals surface area (Å²) in [5, 5.41) is 6.46. The highest BCUT2D eigenvalue weighted by molar-refractivity contribution is 6.00. The van der Waals surface area contributed by atoms with Crippen LogP contribution in [-0.2, 0) is 19.1 Å². The molecule has 0 atom stereocenters. The van der Waals surface area contributed by atoms with Crippen molar-refractivity contribution < 1.29 is 28.6 Å². The van der Waals surface area contributed by atoms with Crippen LogP contribution in [0.25, 0.3) is 16.8 Å². The van der Waals surface area contributed by atoms with Crippen LogP contribution in [0.3, 0.4) is 0 Å². The summed E-state index contributed by atoms with van der Waals surface area (Å²) < 4.78 is 15.8. The molecule has 32 heavy (non-hydrogen) atoms. The van der Waals surface area contributed by atoms with Crippen molar-refractivity contribution in [3.05, 3.63) is 35.7 Å². The summed E-state index contributed by atoms with van der Waals surface area (Å²) in [6.45, 7) is 6.87. The number of benzene rings is 1. The van der Waals surface area contributed by atoms with Gasteiger partial charge in [0.2, 0.25) is 5.91 Å². The SMILES string of the molecule is COC(=O)C(=Cc1cc2ccnc(N)c2cc1OCCNC(=O)OC(C)(C)C)NC(C)=O. The molecule has 0 aliphatic rings. The molecule has 0 spiro atoms. The number of pyridine rings is 1. The maximum absolute atomic E-state index is 12.1. The highest BCUT2D eigenvalue weighted by Gasteiger charge is 2.17. The number of anilines is 1. The Morgan fingerprint density at radius 3 is 2.56 bits per heavy atom. The largest absolute Gasteiger partial charge is 0.491 e. The highest BCUT2D eigenvalue weighted by atomic mass is 16.6. The Morgan fingerprint density at radius 1 is 1.22 bits per heavy atom. The van der Waals surface area contributed by atoms with Crippen molar-refractivity contribution in [1.82, 2.24) is 15.6 Å². The van der Waals surface area contributed by atoms with Gasteiger partial charge in [0.05, 0.1) is 13.7 Å². The smallest absolute Gasteiger partial charge is 0.407 e. The van der Waals surface area contributed by atoms with Crippen molar-refractivity contribution in [3.8, 4) is 5.75 Å². The molecule has 1 aromatic heterocycles. The van der Waals surface area contributed by atoms with Gasteiger partial charge in [-0.25, -0.2) is 14.6 Å². The van der Waals surface area contributed by atoms with Crippen molar-refractivity contribution in [2.45, 2.75) is 33.3 Å². The zero-order valence-corrected chi connectivity index (χ0v) is 18.8. The first-order chi connectivity index (χ1) is 15.0. The normalized spacial score (nSPS) is 11.6. The van der Waals surface area contributed by atoms with E-state index in [2.05, 4.69) is 15.6 Å². The molecule has 4 N–H and O–H groups in total. The summed E-state index contributed by atoms with van der Waals surface area (Å²) in [4.78, 5) is 39.5. The molecule has 0 radical (unpaired) electrons. The minimum atomic E-state index is -0.716. The summed E-state index contributed by atoms with van der Waals surface area (Å²) in [7, 11) is 1.21. The van der Waals surface area contributed by atoms with Crippen LogP contribution in [0, 0.1) is 0 Å². The van der Waals surface area contributed by atoms with Gasteiger partial charge in [-0.15, -0.1) is 0 Å². The summed E-state index contributed by atoms with van der Waals surface area (Å²) >= 11 is 0. The Kier molecular flexibility index (Phi) is 8.00. The minimum Gasteiger partial charge on any atom is -0.491 e. The van der Waals surface area contributed by atoms with E-state index in [1.165, 1.54) is 20.1 Å². The Labute approximate surface area is 186 Å². The maximum atomic E-state index is 12.1. The summed E-state index contributed by atoms with van der Waals surface area (Å²) in [5.74, 6) is -0.466. The minimum absolute atomic E-state index is 0.0573. The maximum Gasteiger partial charge on any atom is 0.407 e. The van der Waals surface area contributed by atoms with Crippen molar-refractivity contribution >= 4 is 40.6 Å². The Morgan fingerprint density at radius 2 is 1.94 bits per heavy atom. The fraction of sp³-hybridized carbons (Fsp3) is 0.364. The van der Waals surface area contributed by atoms with E-state index in [1.807, 2.05) is 0 Å². The third-order valence-electron chi connectivity index (χ3n) is 3.97. The van der Waals surface area contributed by atoms with Gasteiger partial charge in [0.15, 0.2) is 0 Å². The number of alkyl carbamates (subject to hydrolysis) is 1. The molecule has 10 heteroatoms. The first-order valence-electron chi connectivity index (χ1n) is 9.85. The van der Waals surface area contributed by atoms with Crippen LogP contribution >= 0.6 is 0 Å². The molecular formula is C22H28N4O6. The molecule has 0 saturated carbocycles. The summed E-state index contributed by atoms with van der Waals surface area (Å²) in [6.07, 6.45) is 2.44. The molecule has 0 aliphatic carbocycles. The topological polar surface area (TPSA) is 142 Å². The zero-order valence-electron chi connectivity index (χ0n) is 18.8. The van der Waals surface area contributed by atoms with E-state index < -0.39 is 23.6 Å². The average molecular weight is 444 g/mol. The second-order valence-electron chi connectivity index (χ2n) is 7.82. The van der Waals surface area contributed by atoms with Crippen LogP contribution < -0.4 is 21.1 Å². The van der Waals surface area contributed by atoms with Crippen molar-refractivity contribution in [2.24, 2.45) is 0 Å². The predicted molar refractivity (Wildman–Crippen MR) is 120 cm³/mol. The predicted octanol–water partition coefficient (Wildman–Crippen LogP) is 2.37. The van der Waals surface area contributed by atoms with Gasteiger partial charge in [-0.1, -0.05) is 0 Å². The molecule has 2 amide bonds. The van der Waals surface area contributed by atoms with E-state index in [1.54, 1.807) is 45.2 Å². The number of nitrogens with zero attached hydrogens (tertiary/aromatic N) is 1. The average Bonchev–Trinajstić information content (AvgIpc) is 2.69. The number of carbonyl (C=O) groups excluding carboxylic acids is 3. The number of nitrogen functional groups attached to an aromatic ring is 1. The van der Waals surface area contributed by atoms with Gasteiger partial charge < -0.3 is 30.6 Å². The molecule has 0 aliphatic heterocycles. The molecule has 0 fully saturated rings. The molecule has 0 bridgehead atoms. The fourth-order valence-electron chi connectivity index (χ4n) is 2.71. The quantitative estimate of drug-likeness (QED) is 0.336. The fourth-order valence-corrected chi connectivity index (χ4v) is 2.71. The van der Waals surface area contributed by atoms with E-state index in [0.29, 0.717) is 22.5 Å². The highest BCUT2D eigenvalue weighted by Crippen LogP contribution is 2.30. The Balaban J connectivity index is 2.32. The molecule has 10 nitrogen and oxygen atoms in total. The number of aromatic nitrogens is 1. The molecule has 1 heterocycles. The van der Waals surface area contributed by atoms with E-state index >= 15 is 0 Å². The van der Waals surface area contributed by atoms with Gasteiger partial charge in [-0.3, -0.25) is 4.79 Å². The van der Waals surface area contributed by atoms with Crippen LogP contribution in [0.5, 0.6) is 5.75 Å². The van der Waals surface area contributed by atoms with Crippen LogP contribution in [0.1, 0.15) is 33.3 Å². The van der Waals surface area contributed by atoms with Gasteiger partial charge >= 0.3 is 12.1 Å². The number of methoxy groups -OCH3 is 1. The first kappa shape index (κ1) is 24.4.